The van der Waals surface area contributed by atoms with Gasteiger partial charge in [-0.1, -0.05) is 22.0 Å². The van der Waals surface area contributed by atoms with Crippen molar-refractivity contribution in [3.05, 3.63) is 58.3 Å². The minimum absolute atomic E-state index is 0. The Kier molecular flexibility index (Phi) is 9.76. The number of carbonyl (C=O) groups is 4. The van der Waals surface area contributed by atoms with Crippen molar-refractivity contribution >= 4 is 62.2 Å². The molecule has 11 heteroatoms. The number of nitrogens with zero attached hydrogens (tertiary/aromatic N) is 2. The van der Waals surface area contributed by atoms with E-state index in [-0.39, 0.29) is 46.8 Å². The van der Waals surface area contributed by atoms with Crippen LogP contribution < -0.4 is 16.4 Å². The predicted molar refractivity (Wildman–Crippen MR) is 119 cm³/mol. The van der Waals surface area contributed by atoms with Gasteiger partial charge in [-0.25, -0.2) is 0 Å². The lowest BCUT2D eigenvalue weighted by Crippen LogP contribution is -2.48. The molecule has 0 spiro atoms. The Morgan fingerprint density at radius 1 is 1.17 bits per heavy atom. The van der Waals surface area contributed by atoms with Gasteiger partial charge in [-0.15, -0.1) is 17.0 Å². The number of ketones is 1. The third kappa shape index (κ3) is 6.71. The maximum absolute atomic E-state index is 13.0. The summed E-state index contributed by atoms with van der Waals surface area (Å²) in [7, 11) is 0. The zero-order chi connectivity index (χ0) is 21.6. The van der Waals surface area contributed by atoms with Crippen LogP contribution in [0.5, 0.6) is 0 Å². The number of rotatable bonds is 9. The molecule has 0 aliphatic heterocycles. The number of carboxylic acids is 1. The quantitative estimate of drug-likeness (QED) is 0.406. The minimum atomic E-state index is -1.19. The number of aliphatic carboxylic acids is 1. The van der Waals surface area contributed by atoms with Crippen molar-refractivity contribution in [2.75, 3.05) is 11.4 Å². The summed E-state index contributed by atoms with van der Waals surface area (Å²) < 4.78 is 0.571. The number of anilines is 1. The normalized spacial score (nSPS) is 11.1. The van der Waals surface area contributed by atoms with Crippen LogP contribution in [0.1, 0.15) is 28.9 Å². The Bertz CT molecular complexity index is 940. The summed E-state index contributed by atoms with van der Waals surface area (Å²) in [6, 6.07) is 8.20. The monoisotopic (exact) mass is 542 g/mol. The molecule has 1 aromatic heterocycles. The number of carbonyl (C=O) groups excluding carboxylic acids is 3. The van der Waals surface area contributed by atoms with E-state index in [0.717, 1.165) is 4.90 Å². The van der Waals surface area contributed by atoms with Crippen molar-refractivity contribution in [3.8, 4) is 0 Å². The summed E-state index contributed by atoms with van der Waals surface area (Å²) in [5, 5.41) is 8.81. The van der Waals surface area contributed by atoms with E-state index in [0.29, 0.717) is 4.47 Å². The van der Waals surface area contributed by atoms with Crippen LogP contribution in [-0.2, 0) is 14.4 Å². The van der Waals surface area contributed by atoms with Gasteiger partial charge >= 0.3 is 5.97 Å². The van der Waals surface area contributed by atoms with Gasteiger partial charge in [0.1, 0.15) is 12.2 Å². The van der Waals surface area contributed by atoms with Gasteiger partial charge in [-0.05, 0) is 36.8 Å². The molecule has 0 bridgehead atoms. The van der Waals surface area contributed by atoms with Crippen LogP contribution >= 0.6 is 32.9 Å². The summed E-state index contributed by atoms with van der Waals surface area (Å²) in [5.41, 5.74) is 11.5. The average molecular weight is 544 g/mol. The van der Waals surface area contributed by atoms with Gasteiger partial charge in [0.25, 0.3) is 0 Å². The number of hydrogen-bond acceptors (Lipinski definition) is 6. The molecule has 1 atom stereocenters. The first-order valence-corrected chi connectivity index (χ1v) is 9.32. The van der Waals surface area contributed by atoms with Crippen molar-refractivity contribution < 1.29 is 24.3 Å². The van der Waals surface area contributed by atoms with Gasteiger partial charge in [0.15, 0.2) is 0 Å². The lowest BCUT2D eigenvalue weighted by atomic mass is 10.0. The van der Waals surface area contributed by atoms with Gasteiger partial charge in [0, 0.05) is 22.7 Å². The minimum Gasteiger partial charge on any atom is -0.481 e. The van der Waals surface area contributed by atoms with Gasteiger partial charge < -0.3 is 21.5 Å². The third-order valence-electron chi connectivity index (χ3n) is 3.96. The second kappa shape index (κ2) is 11.5. The highest BCUT2D eigenvalue weighted by Gasteiger charge is 2.28. The topological polar surface area (TPSA) is 157 Å². The fourth-order valence-corrected chi connectivity index (χ4v) is 2.96. The zero-order valence-corrected chi connectivity index (χ0v) is 19.0. The molecule has 2 amide bonds. The van der Waals surface area contributed by atoms with E-state index in [1.165, 1.54) is 24.4 Å². The van der Waals surface area contributed by atoms with Crippen LogP contribution in [0.4, 0.5) is 5.69 Å². The molecule has 1 heterocycles. The molecule has 0 unspecified atom stereocenters. The van der Waals surface area contributed by atoms with E-state index in [2.05, 4.69) is 20.9 Å². The maximum atomic E-state index is 13.0. The summed E-state index contributed by atoms with van der Waals surface area (Å²) >= 11 is 3.29. The van der Waals surface area contributed by atoms with Crippen LogP contribution in [0.15, 0.2) is 47.1 Å². The number of hydrogen-bond donors (Lipinski definition) is 3. The fourth-order valence-electron chi connectivity index (χ4n) is 2.60. The first-order valence-electron chi connectivity index (χ1n) is 8.53. The van der Waals surface area contributed by atoms with Gasteiger partial charge in [0.2, 0.25) is 17.6 Å². The number of benzene rings is 1. The molecule has 1 aromatic carbocycles. The SMILES string of the molecule is Br.NC(=O)CN(C(=O)[C@@H](N)CCC(=O)O)c1ccc(Br)cc1C(=O)c1ccccn1. The molecule has 9 nitrogen and oxygen atoms in total. The van der Waals surface area contributed by atoms with Crippen molar-refractivity contribution in [3.63, 3.8) is 0 Å². The molecule has 0 saturated carbocycles. The molecule has 0 saturated heterocycles. The summed E-state index contributed by atoms with van der Waals surface area (Å²) in [4.78, 5) is 53.2. The molecule has 0 radical (unpaired) electrons. The Morgan fingerprint density at radius 3 is 2.43 bits per heavy atom. The van der Waals surface area contributed by atoms with Crippen molar-refractivity contribution in [2.24, 2.45) is 11.5 Å². The largest absolute Gasteiger partial charge is 0.481 e. The van der Waals surface area contributed by atoms with Crippen LogP contribution in [0, 0.1) is 0 Å². The second-order valence-electron chi connectivity index (χ2n) is 6.14. The smallest absolute Gasteiger partial charge is 0.303 e. The lowest BCUT2D eigenvalue weighted by molar-refractivity contribution is -0.137. The maximum Gasteiger partial charge on any atom is 0.303 e. The van der Waals surface area contributed by atoms with Crippen molar-refractivity contribution in [1.29, 1.82) is 0 Å². The van der Waals surface area contributed by atoms with Crippen LogP contribution in [0.25, 0.3) is 0 Å². The van der Waals surface area contributed by atoms with E-state index in [4.69, 9.17) is 16.6 Å². The molecule has 2 aromatic rings. The van der Waals surface area contributed by atoms with E-state index in [1.807, 2.05) is 0 Å². The molecule has 0 aliphatic carbocycles. The van der Waals surface area contributed by atoms with E-state index >= 15 is 0 Å². The Hall–Kier alpha value is -2.63. The predicted octanol–water partition coefficient (Wildman–Crippen LogP) is 1.66. The number of pyridine rings is 1. The lowest BCUT2D eigenvalue weighted by Gasteiger charge is -2.26. The molecular weight excluding hydrogens is 524 g/mol. The van der Waals surface area contributed by atoms with E-state index in [9.17, 15) is 19.2 Å². The number of carboxylic acid groups (broad SMARTS) is 1. The zero-order valence-electron chi connectivity index (χ0n) is 15.7. The summed E-state index contributed by atoms with van der Waals surface area (Å²) in [6.07, 6.45) is 1.000. The van der Waals surface area contributed by atoms with Crippen LogP contribution in [0.3, 0.4) is 0 Å². The second-order valence-corrected chi connectivity index (χ2v) is 7.05. The van der Waals surface area contributed by atoms with Gasteiger partial charge in [0.05, 0.1) is 11.7 Å². The highest BCUT2D eigenvalue weighted by molar-refractivity contribution is 9.10. The summed E-state index contributed by atoms with van der Waals surface area (Å²) in [5.74, 6) is -3.11. The average Bonchev–Trinajstić information content (AvgIpc) is 2.69. The molecule has 30 heavy (non-hydrogen) atoms. The third-order valence-corrected chi connectivity index (χ3v) is 4.45. The Balaban J connectivity index is 0.00000450. The molecule has 160 valence electrons. The number of aromatic nitrogens is 1. The van der Waals surface area contributed by atoms with Gasteiger partial charge in [-0.2, -0.15) is 0 Å². The fraction of sp³-hybridized carbons (Fsp3) is 0.211. The molecule has 5 N–H and O–H groups in total. The van der Waals surface area contributed by atoms with E-state index in [1.54, 1.807) is 18.2 Å². The highest BCUT2D eigenvalue weighted by Crippen LogP contribution is 2.27. The molecular formula is C19H20Br2N4O5. The first-order chi connectivity index (χ1) is 13.7. The van der Waals surface area contributed by atoms with Crippen molar-refractivity contribution in [1.82, 2.24) is 4.98 Å². The number of nitrogens with two attached hydrogens (primary N) is 2. The Labute approximate surface area is 191 Å². The Morgan fingerprint density at radius 2 is 1.87 bits per heavy atom. The number of halogens is 2. The van der Waals surface area contributed by atoms with E-state index < -0.39 is 36.2 Å². The molecule has 0 aliphatic rings. The number of amides is 2. The highest BCUT2D eigenvalue weighted by atomic mass is 79.9. The number of primary amides is 1. The first kappa shape index (κ1) is 25.4. The van der Waals surface area contributed by atoms with Gasteiger partial charge in [-0.3, -0.25) is 24.2 Å². The molecule has 0 fully saturated rings. The standard InChI is InChI=1S/C19H19BrN4O5.BrH/c20-11-4-6-15(12(9-11)18(28)14-3-1-2-8-23-14)24(10-16(22)25)19(29)13(21)5-7-17(26)27;/h1-4,6,8-9,13H,5,7,10,21H2,(H2,22,25)(H,26,27);1H/t13-;/m0./s1. The van der Waals surface area contributed by atoms with Crippen LogP contribution in [-0.4, -0.2) is 46.2 Å². The van der Waals surface area contributed by atoms with Crippen molar-refractivity contribution in [2.45, 2.75) is 18.9 Å². The van der Waals surface area contributed by atoms with Crippen LogP contribution in [0.2, 0.25) is 0 Å². The summed E-state index contributed by atoms with van der Waals surface area (Å²) in [6.45, 7) is -0.524. The molecule has 2 rings (SSSR count).